The zero-order valence-electron chi connectivity index (χ0n) is 14.4. The van der Waals surface area contributed by atoms with Crippen LogP contribution in [0.15, 0.2) is 47.1 Å². The zero-order chi connectivity index (χ0) is 17.7. The van der Waals surface area contributed by atoms with Crippen LogP contribution < -0.4 is 10.6 Å². The highest BCUT2D eigenvalue weighted by Crippen LogP contribution is 2.33. The van der Waals surface area contributed by atoms with Crippen LogP contribution in [0.1, 0.15) is 11.1 Å². The smallest absolute Gasteiger partial charge is 0.228 e. The maximum atomic E-state index is 6.20. The number of hydrogen-bond donors (Lipinski definition) is 1. The fraction of sp³-hybridized carbons (Fsp3) is 0.211. The molecule has 3 aromatic heterocycles. The molecule has 7 heteroatoms. The van der Waals surface area contributed by atoms with Crippen molar-refractivity contribution in [1.82, 2.24) is 19.7 Å². The van der Waals surface area contributed by atoms with E-state index in [4.69, 9.17) is 15.1 Å². The Morgan fingerprint density at radius 2 is 1.92 bits per heavy atom. The molecule has 0 saturated carbocycles. The van der Waals surface area contributed by atoms with Gasteiger partial charge in [-0.1, -0.05) is 24.3 Å². The molecule has 0 bridgehead atoms. The molecule has 0 radical (unpaired) electrons. The Morgan fingerprint density at radius 1 is 1.08 bits per heavy atom. The van der Waals surface area contributed by atoms with Crippen LogP contribution in [0.25, 0.3) is 22.5 Å². The van der Waals surface area contributed by atoms with Gasteiger partial charge < -0.3 is 15.1 Å². The average molecular weight is 346 g/mol. The van der Waals surface area contributed by atoms with Crippen LogP contribution in [0.3, 0.4) is 0 Å². The Morgan fingerprint density at radius 3 is 2.73 bits per heavy atom. The van der Waals surface area contributed by atoms with E-state index in [-0.39, 0.29) is 0 Å². The van der Waals surface area contributed by atoms with Crippen LogP contribution in [0.4, 0.5) is 11.8 Å². The van der Waals surface area contributed by atoms with Gasteiger partial charge in [-0.25, -0.2) is 4.98 Å². The Balaban J connectivity index is 1.66. The van der Waals surface area contributed by atoms with Crippen LogP contribution in [0.5, 0.6) is 0 Å². The van der Waals surface area contributed by atoms with Crippen LogP contribution >= 0.6 is 0 Å². The minimum atomic E-state index is 0.530. The minimum Gasteiger partial charge on any atom is -0.463 e. The van der Waals surface area contributed by atoms with Crippen LogP contribution in [-0.4, -0.2) is 26.3 Å². The molecule has 2 N–H and O–H groups in total. The van der Waals surface area contributed by atoms with Crippen molar-refractivity contribution in [3.63, 3.8) is 0 Å². The van der Waals surface area contributed by atoms with Crippen LogP contribution in [-0.2, 0) is 20.0 Å². The van der Waals surface area contributed by atoms with E-state index >= 15 is 0 Å². The maximum Gasteiger partial charge on any atom is 0.228 e. The van der Waals surface area contributed by atoms with Crippen LogP contribution in [0.2, 0.25) is 0 Å². The van der Waals surface area contributed by atoms with Gasteiger partial charge in [-0.2, -0.15) is 10.1 Å². The van der Waals surface area contributed by atoms with Crippen molar-refractivity contribution in [3.8, 4) is 11.5 Å². The molecule has 0 amide bonds. The average Bonchev–Trinajstić information content (AvgIpc) is 3.30. The highest BCUT2D eigenvalue weighted by Gasteiger charge is 2.23. The van der Waals surface area contributed by atoms with E-state index in [2.05, 4.69) is 39.2 Å². The highest BCUT2D eigenvalue weighted by atomic mass is 16.3. The number of rotatable bonds is 2. The molecular weight excluding hydrogens is 328 g/mol. The number of aromatic nitrogens is 4. The molecule has 1 aliphatic rings. The van der Waals surface area contributed by atoms with Crippen molar-refractivity contribution in [2.24, 2.45) is 7.05 Å². The third-order valence-corrected chi connectivity index (χ3v) is 4.90. The summed E-state index contributed by atoms with van der Waals surface area (Å²) < 4.78 is 7.22. The molecule has 0 spiro atoms. The summed E-state index contributed by atoms with van der Waals surface area (Å²) in [7, 11) is 1.81. The molecule has 130 valence electrons. The fourth-order valence-electron chi connectivity index (χ4n) is 3.50. The molecule has 0 atom stereocenters. The quantitative estimate of drug-likeness (QED) is 0.601. The van der Waals surface area contributed by atoms with Crippen molar-refractivity contribution in [3.05, 3.63) is 53.8 Å². The first-order chi connectivity index (χ1) is 12.7. The summed E-state index contributed by atoms with van der Waals surface area (Å²) >= 11 is 0. The van der Waals surface area contributed by atoms with Gasteiger partial charge in [-0.3, -0.25) is 4.68 Å². The molecule has 4 aromatic rings. The number of nitrogens with zero attached hydrogens (tertiary/aromatic N) is 5. The molecule has 1 aromatic carbocycles. The zero-order valence-corrected chi connectivity index (χ0v) is 14.4. The number of nitrogens with two attached hydrogens (primary N) is 1. The lowest BCUT2D eigenvalue weighted by Gasteiger charge is -2.28. The normalized spacial score (nSPS) is 14.0. The van der Waals surface area contributed by atoms with Gasteiger partial charge in [0.25, 0.3) is 0 Å². The van der Waals surface area contributed by atoms with E-state index in [1.165, 1.54) is 11.1 Å². The summed E-state index contributed by atoms with van der Waals surface area (Å²) in [4.78, 5) is 11.7. The number of benzene rings is 1. The van der Waals surface area contributed by atoms with Crippen molar-refractivity contribution in [2.45, 2.75) is 13.0 Å². The number of nitrogen functional groups attached to an aromatic ring is 1. The van der Waals surface area contributed by atoms with Gasteiger partial charge in [0.2, 0.25) is 5.95 Å². The molecule has 0 unspecified atom stereocenters. The molecule has 4 heterocycles. The Labute approximate surface area is 150 Å². The second-order valence-corrected chi connectivity index (χ2v) is 6.50. The molecule has 1 aliphatic heterocycles. The predicted octanol–water partition coefficient (Wildman–Crippen LogP) is 2.77. The molecule has 26 heavy (non-hydrogen) atoms. The summed E-state index contributed by atoms with van der Waals surface area (Å²) in [6.07, 6.45) is 2.60. The van der Waals surface area contributed by atoms with Gasteiger partial charge in [0, 0.05) is 20.1 Å². The van der Waals surface area contributed by atoms with E-state index in [0.717, 1.165) is 24.9 Å². The van der Waals surface area contributed by atoms with Crippen molar-refractivity contribution < 1.29 is 4.42 Å². The standard InChI is InChI=1S/C19H18N6O/c1-24-17(20)15-16(14-7-4-10-26-14)21-19(22-18(15)23-24)25-9-8-12-5-2-3-6-13(12)11-25/h2-7,10H,8-9,11,20H2,1H3. The Bertz CT molecular complexity index is 1100. The number of aryl methyl sites for hydroxylation is 1. The molecular formula is C19H18N6O. The van der Waals surface area contributed by atoms with Crippen LogP contribution in [0, 0.1) is 0 Å². The molecule has 5 rings (SSSR count). The van der Waals surface area contributed by atoms with E-state index in [1.54, 1.807) is 18.0 Å². The van der Waals surface area contributed by atoms with Gasteiger partial charge in [-0.05, 0) is 29.7 Å². The monoisotopic (exact) mass is 346 g/mol. The summed E-state index contributed by atoms with van der Waals surface area (Å²) in [5.41, 5.74) is 10.2. The summed E-state index contributed by atoms with van der Waals surface area (Å²) in [5, 5.41) is 5.18. The van der Waals surface area contributed by atoms with E-state index in [9.17, 15) is 0 Å². The highest BCUT2D eigenvalue weighted by molar-refractivity contribution is 5.97. The fourth-order valence-corrected chi connectivity index (χ4v) is 3.50. The summed E-state index contributed by atoms with van der Waals surface area (Å²) in [6.45, 7) is 1.64. The van der Waals surface area contributed by atoms with E-state index in [1.807, 2.05) is 12.1 Å². The maximum absolute atomic E-state index is 6.20. The second kappa shape index (κ2) is 5.59. The first-order valence-corrected chi connectivity index (χ1v) is 8.56. The van der Waals surface area contributed by atoms with E-state index in [0.29, 0.717) is 28.9 Å². The molecule has 0 aliphatic carbocycles. The summed E-state index contributed by atoms with van der Waals surface area (Å²) in [5.74, 6) is 1.84. The lowest BCUT2D eigenvalue weighted by atomic mass is 10.0. The lowest BCUT2D eigenvalue weighted by molar-refractivity contribution is 0.580. The second-order valence-electron chi connectivity index (χ2n) is 6.50. The first kappa shape index (κ1) is 14.9. The lowest BCUT2D eigenvalue weighted by Crippen LogP contribution is -2.31. The van der Waals surface area contributed by atoms with Gasteiger partial charge in [0.05, 0.1) is 11.6 Å². The van der Waals surface area contributed by atoms with Crippen molar-refractivity contribution in [1.29, 1.82) is 0 Å². The number of fused-ring (bicyclic) bond motifs is 2. The predicted molar refractivity (Wildman–Crippen MR) is 99.6 cm³/mol. The number of anilines is 2. The summed E-state index contributed by atoms with van der Waals surface area (Å²) in [6, 6.07) is 12.2. The van der Waals surface area contributed by atoms with Crippen molar-refractivity contribution in [2.75, 3.05) is 17.2 Å². The first-order valence-electron chi connectivity index (χ1n) is 8.56. The molecule has 7 nitrogen and oxygen atoms in total. The van der Waals surface area contributed by atoms with E-state index < -0.39 is 0 Å². The third-order valence-electron chi connectivity index (χ3n) is 4.90. The Hall–Kier alpha value is -3.35. The van der Waals surface area contributed by atoms with Crippen molar-refractivity contribution >= 4 is 22.8 Å². The third kappa shape index (κ3) is 2.24. The largest absolute Gasteiger partial charge is 0.463 e. The van der Waals surface area contributed by atoms with Gasteiger partial charge in [-0.15, -0.1) is 0 Å². The Kier molecular flexibility index (Phi) is 3.21. The van der Waals surface area contributed by atoms with Gasteiger partial charge >= 0.3 is 0 Å². The van der Waals surface area contributed by atoms with Gasteiger partial charge in [0.1, 0.15) is 11.5 Å². The number of hydrogen-bond acceptors (Lipinski definition) is 6. The topological polar surface area (TPSA) is 86.0 Å². The molecule has 0 fully saturated rings. The van der Waals surface area contributed by atoms with Gasteiger partial charge in [0.15, 0.2) is 11.4 Å². The number of furan rings is 1. The molecule has 0 saturated heterocycles. The minimum absolute atomic E-state index is 0.530. The SMILES string of the molecule is Cn1nc2nc(N3CCc4ccccc4C3)nc(-c3ccco3)c2c1N.